The molecule has 0 unspecified atom stereocenters. The van der Waals surface area contributed by atoms with Crippen molar-refractivity contribution < 1.29 is 9.53 Å². The van der Waals surface area contributed by atoms with Crippen LogP contribution >= 0.6 is 23.2 Å². The Morgan fingerprint density at radius 2 is 1.80 bits per heavy atom. The first-order valence-electron chi connectivity index (χ1n) is 8.07. The minimum absolute atomic E-state index is 0.286. The number of nitrogens with zero attached hydrogens (tertiary/aromatic N) is 4. The van der Waals surface area contributed by atoms with Crippen molar-refractivity contribution in [3.8, 4) is 0 Å². The van der Waals surface area contributed by atoms with Crippen molar-refractivity contribution in [3.05, 3.63) is 28.5 Å². The fourth-order valence-electron chi connectivity index (χ4n) is 2.76. The van der Waals surface area contributed by atoms with Gasteiger partial charge in [-0.25, -0.2) is 14.8 Å². The Hall–Kier alpha value is -1.79. The molecule has 1 fully saturated rings. The SMILES string of the molecule is CC(C)(C)OC(=O)N1CCN(c2ncnc3c(Cl)cc(Cl)cc23)CC1. The predicted molar refractivity (Wildman–Crippen MR) is 99.6 cm³/mol. The average Bonchev–Trinajstić information content (AvgIpc) is 2.53. The van der Waals surface area contributed by atoms with E-state index < -0.39 is 5.60 Å². The third-order valence-electron chi connectivity index (χ3n) is 3.87. The van der Waals surface area contributed by atoms with Crippen molar-refractivity contribution in [1.82, 2.24) is 14.9 Å². The van der Waals surface area contributed by atoms with Crippen molar-refractivity contribution in [2.45, 2.75) is 26.4 Å². The molecular weight excluding hydrogens is 363 g/mol. The zero-order valence-electron chi connectivity index (χ0n) is 14.4. The molecule has 0 atom stereocenters. The Bertz CT molecular complexity index is 799. The van der Waals surface area contributed by atoms with E-state index in [0.717, 1.165) is 11.2 Å². The van der Waals surface area contributed by atoms with Crippen LogP contribution in [0.25, 0.3) is 10.9 Å². The normalized spacial score (nSPS) is 15.6. The molecule has 8 heteroatoms. The summed E-state index contributed by atoms with van der Waals surface area (Å²) in [6, 6.07) is 3.49. The van der Waals surface area contributed by atoms with Gasteiger partial charge in [0.15, 0.2) is 0 Å². The van der Waals surface area contributed by atoms with Crippen LogP contribution in [0.1, 0.15) is 20.8 Å². The molecule has 0 saturated carbocycles. The van der Waals surface area contributed by atoms with Gasteiger partial charge >= 0.3 is 6.09 Å². The number of benzene rings is 1. The number of carbonyl (C=O) groups excluding carboxylic acids is 1. The molecule has 0 N–H and O–H groups in total. The fraction of sp³-hybridized carbons (Fsp3) is 0.471. The zero-order chi connectivity index (χ0) is 18.2. The summed E-state index contributed by atoms with van der Waals surface area (Å²) in [5, 5.41) is 1.85. The largest absolute Gasteiger partial charge is 0.444 e. The number of piperazine rings is 1. The lowest BCUT2D eigenvalue weighted by atomic mass is 10.2. The van der Waals surface area contributed by atoms with E-state index >= 15 is 0 Å². The lowest BCUT2D eigenvalue weighted by Gasteiger charge is -2.36. The van der Waals surface area contributed by atoms with Gasteiger partial charge in [-0.3, -0.25) is 0 Å². The van der Waals surface area contributed by atoms with Gasteiger partial charge < -0.3 is 14.5 Å². The maximum absolute atomic E-state index is 12.2. The van der Waals surface area contributed by atoms with Gasteiger partial charge in [0, 0.05) is 36.6 Å². The summed E-state index contributed by atoms with van der Waals surface area (Å²) < 4.78 is 5.43. The zero-order valence-corrected chi connectivity index (χ0v) is 15.9. The number of carbonyl (C=O) groups is 1. The molecule has 0 aliphatic carbocycles. The Kier molecular flexibility index (Phi) is 4.93. The van der Waals surface area contributed by atoms with E-state index in [4.69, 9.17) is 27.9 Å². The third kappa shape index (κ3) is 4.07. The molecule has 1 amide bonds. The molecule has 2 aromatic rings. The maximum Gasteiger partial charge on any atom is 0.410 e. The highest BCUT2D eigenvalue weighted by molar-refractivity contribution is 6.38. The molecule has 1 aromatic carbocycles. The van der Waals surface area contributed by atoms with Gasteiger partial charge in [-0.1, -0.05) is 23.2 Å². The van der Waals surface area contributed by atoms with Crippen LogP contribution in [0.3, 0.4) is 0 Å². The molecule has 0 radical (unpaired) electrons. The van der Waals surface area contributed by atoms with Crippen LogP contribution in [0.5, 0.6) is 0 Å². The molecule has 3 rings (SSSR count). The van der Waals surface area contributed by atoms with Gasteiger partial charge in [-0.2, -0.15) is 0 Å². The van der Waals surface area contributed by atoms with Gasteiger partial charge in [0.1, 0.15) is 17.7 Å². The van der Waals surface area contributed by atoms with Gasteiger partial charge in [0.05, 0.1) is 10.5 Å². The second-order valence-electron chi connectivity index (χ2n) is 6.94. The van der Waals surface area contributed by atoms with E-state index in [9.17, 15) is 4.79 Å². The third-order valence-corrected chi connectivity index (χ3v) is 4.37. The summed E-state index contributed by atoms with van der Waals surface area (Å²) in [6.07, 6.45) is 1.21. The topological polar surface area (TPSA) is 58.6 Å². The van der Waals surface area contributed by atoms with Crippen molar-refractivity contribution in [3.63, 3.8) is 0 Å². The molecule has 0 bridgehead atoms. The van der Waals surface area contributed by atoms with Crippen molar-refractivity contribution in [2.24, 2.45) is 0 Å². The number of aromatic nitrogens is 2. The molecule has 134 valence electrons. The van der Waals surface area contributed by atoms with E-state index in [-0.39, 0.29) is 6.09 Å². The number of fused-ring (bicyclic) bond motifs is 1. The van der Waals surface area contributed by atoms with Crippen LogP contribution in [0.15, 0.2) is 18.5 Å². The highest BCUT2D eigenvalue weighted by Gasteiger charge is 2.27. The van der Waals surface area contributed by atoms with Crippen molar-refractivity contribution in [1.29, 1.82) is 0 Å². The number of halogens is 2. The quantitative estimate of drug-likeness (QED) is 0.745. The van der Waals surface area contributed by atoms with Crippen molar-refractivity contribution in [2.75, 3.05) is 31.1 Å². The monoisotopic (exact) mass is 382 g/mol. The summed E-state index contributed by atoms with van der Waals surface area (Å²) >= 11 is 12.4. The summed E-state index contributed by atoms with van der Waals surface area (Å²) in [7, 11) is 0. The minimum atomic E-state index is -0.495. The fourth-order valence-corrected chi connectivity index (χ4v) is 3.30. The Labute approximate surface area is 156 Å². The first-order valence-corrected chi connectivity index (χ1v) is 8.83. The van der Waals surface area contributed by atoms with Gasteiger partial charge in [-0.15, -0.1) is 0 Å². The molecule has 1 aliphatic rings. The molecule has 6 nitrogen and oxygen atoms in total. The first-order chi connectivity index (χ1) is 11.7. The first kappa shape index (κ1) is 18.0. The van der Waals surface area contributed by atoms with E-state index in [1.807, 2.05) is 26.8 Å². The van der Waals surface area contributed by atoms with Crippen molar-refractivity contribution >= 4 is 46.0 Å². The number of hydrogen-bond donors (Lipinski definition) is 0. The summed E-state index contributed by atoms with van der Waals surface area (Å²) in [5.74, 6) is 0.776. The Morgan fingerprint density at radius 1 is 1.12 bits per heavy atom. The molecule has 0 spiro atoms. The maximum atomic E-state index is 12.2. The lowest BCUT2D eigenvalue weighted by Crippen LogP contribution is -2.50. The smallest absolute Gasteiger partial charge is 0.410 e. The van der Waals surface area contributed by atoms with Crippen LogP contribution in [0.2, 0.25) is 10.0 Å². The molecule has 2 heterocycles. The molecule has 25 heavy (non-hydrogen) atoms. The second-order valence-corrected chi connectivity index (χ2v) is 7.78. The highest BCUT2D eigenvalue weighted by Crippen LogP contribution is 2.31. The van der Waals surface area contributed by atoms with Crippen LogP contribution in [-0.2, 0) is 4.74 Å². The van der Waals surface area contributed by atoms with E-state index in [0.29, 0.717) is 41.7 Å². The van der Waals surface area contributed by atoms with Crippen LogP contribution in [-0.4, -0.2) is 52.7 Å². The average molecular weight is 383 g/mol. The van der Waals surface area contributed by atoms with E-state index in [2.05, 4.69) is 14.9 Å². The van der Waals surface area contributed by atoms with Gasteiger partial charge in [0.2, 0.25) is 0 Å². The van der Waals surface area contributed by atoms with Crippen LogP contribution in [0, 0.1) is 0 Å². The van der Waals surface area contributed by atoms with Crippen LogP contribution < -0.4 is 4.90 Å². The molecule has 1 saturated heterocycles. The van der Waals surface area contributed by atoms with Gasteiger partial charge in [0.25, 0.3) is 0 Å². The van der Waals surface area contributed by atoms with E-state index in [1.165, 1.54) is 6.33 Å². The van der Waals surface area contributed by atoms with Crippen LogP contribution in [0.4, 0.5) is 10.6 Å². The molecule has 1 aliphatic heterocycles. The summed E-state index contributed by atoms with van der Waals surface area (Å²) in [5.41, 5.74) is 0.176. The number of anilines is 1. The highest BCUT2D eigenvalue weighted by atomic mass is 35.5. The number of amides is 1. The minimum Gasteiger partial charge on any atom is -0.444 e. The predicted octanol–water partition coefficient (Wildman–Crippen LogP) is 3.99. The standard InChI is InChI=1S/C17H20Cl2N4O2/c1-17(2,3)25-16(24)23-6-4-22(5-7-23)15-12-8-11(18)9-13(19)14(12)20-10-21-15/h8-10H,4-7H2,1-3H3. The summed E-state index contributed by atoms with van der Waals surface area (Å²) in [6.45, 7) is 8.01. The van der Waals surface area contributed by atoms with Gasteiger partial charge in [-0.05, 0) is 32.9 Å². The molecular formula is C17H20Cl2N4O2. The summed E-state index contributed by atoms with van der Waals surface area (Å²) in [4.78, 5) is 24.7. The Balaban J connectivity index is 1.78. The van der Waals surface area contributed by atoms with E-state index in [1.54, 1.807) is 11.0 Å². The lowest BCUT2D eigenvalue weighted by molar-refractivity contribution is 0.0240. The molecule has 1 aromatic heterocycles. The number of rotatable bonds is 1. The number of hydrogen-bond acceptors (Lipinski definition) is 5. The Morgan fingerprint density at radius 3 is 2.44 bits per heavy atom. The second kappa shape index (κ2) is 6.84. The number of ether oxygens (including phenoxy) is 1.